The van der Waals surface area contributed by atoms with E-state index < -0.39 is 5.97 Å². The van der Waals surface area contributed by atoms with E-state index in [1.54, 1.807) is 0 Å². The first-order valence-corrected chi connectivity index (χ1v) is 6.52. The molecule has 5 heteroatoms. The van der Waals surface area contributed by atoms with E-state index in [0.29, 0.717) is 0 Å². The van der Waals surface area contributed by atoms with Crippen LogP contribution in [0.15, 0.2) is 0 Å². The molecule has 104 valence electrons. The molecule has 1 fully saturated rings. The number of nitrogens with zero attached hydrogens (tertiary/aromatic N) is 1. The van der Waals surface area contributed by atoms with Crippen LogP contribution < -0.4 is 0 Å². The number of hydrogen-bond donors (Lipinski definition) is 0. The van der Waals surface area contributed by atoms with Gasteiger partial charge in [0.25, 0.3) is 0 Å². The fourth-order valence-electron chi connectivity index (χ4n) is 2.09. The van der Waals surface area contributed by atoms with Gasteiger partial charge in [-0.3, -0.25) is 9.59 Å². The van der Waals surface area contributed by atoms with Gasteiger partial charge in [0, 0.05) is 6.04 Å². The number of carbonyl (C=O) groups excluding carboxylic acids is 2. The predicted octanol–water partition coefficient (Wildman–Crippen LogP) is 1.36. The first kappa shape index (κ1) is 15.0. The van der Waals surface area contributed by atoms with Crippen molar-refractivity contribution in [2.45, 2.75) is 51.7 Å². The van der Waals surface area contributed by atoms with Crippen LogP contribution in [0.25, 0.3) is 0 Å². The number of ether oxygens (including phenoxy) is 2. The summed E-state index contributed by atoms with van der Waals surface area (Å²) < 4.78 is 10.2. The number of rotatable bonds is 6. The summed E-state index contributed by atoms with van der Waals surface area (Å²) in [4.78, 5) is 24.7. The van der Waals surface area contributed by atoms with E-state index in [9.17, 15) is 9.59 Å². The first-order valence-electron chi connectivity index (χ1n) is 6.52. The van der Waals surface area contributed by atoms with Gasteiger partial charge in [-0.15, -0.1) is 0 Å². The van der Waals surface area contributed by atoms with Gasteiger partial charge in [-0.1, -0.05) is 12.8 Å². The molecule has 1 saturated carbocycles. The van der Waals surface area contributed by atoms with Crippen LogP contribution in [0, 0.1) is 0 Å². The molecule has 1 aliphatic carbocycles. The van der Waals surface area contributed by atoms with Crippen molar-refractivity contribution in [1.29, 1.82) is 0 Å². The highest BCUT2D eigenvalue weighted by Crippen LogP contribution is 2.20. The molecule has 0 heterocycles. The molecule has 0 atom stereocenters. The van der Waals surface area contributed by atoms with Crippen molar-refractivity contribution in [3.8, 4) is 0 Å². The molecule has 1 rings (SSSR count). The molecule has 0 aromatic heterocycles. The van der Waals surface area contributed by atoms with Crippen molar-refractivity contribution >= 4 is 11.9 Å². The van der Waals surface area contributed by atoms with Crippen LogP contribution in [0.1, 0.15) is 39.5 Å². The molecule has 0 aromatic rings. The zero-order chi connectivity index (χ0) is 13.5. The van der Waals surface area contributed by atoms with Gasteiger partial charge in [-0.2, -0.15) is 0 Å². The zero-order valence-electron chi connectivity index (χ0n) is 11.5. The van der Waals surface area contributed by atoms with Crippen LogP contribution in [-0.4, -0.2) is 49.2 Å². The Bertz CT molecular complexity index is 285. The molecule has 0 bridgehead atoms. The van der Waals surface area contributed by atoms with Crippen molar-refractivity contribution in [2.75, 3.05) is 20.3 Å². The Morgan fingerprint density at radius 1 is 1.28 bits per heavy atom. The third-order valence-electron chi connectivity index (χ3n) is 3.22. The van der Waals surface area contributed by atoms with Gasteiger partial charge in [0.15, 0.2) is 0 Å². The highest BCUT2D eigenvalue weighted by molar-refractivity contribution is 5.83. The second-order valence-electron chi connectivity index (χ2n) is 4.91. The van der Waals surface area contributed by atoms with Crippen LogP contribution in [-0.2, 0) is 19.1 Å². The lowest BCUT2D eigenvalue weighted by molar-refractivity contribution is -0.150. The summed E-state index contributed by atoms with van der Waals surface area (Å²) in [6, 6.07) is -0.0382. The molecule has 0 aliphatic heterocycles. The summed E-state index contributed by atoms with van der Waals surface area (Å²) in [5.41, 5.74) is 0. The third-order valence-corrected chi connectivity index (χ3v) is 3.22. The summed E-state index contributed by atoms with van der Waals surface area (Å²) in [5, 5.41) is 0. The van der Waals surface area contributed by atoms with Gasteiger partial charge in [0.05, 0.1) is 13.2 Å². The van der Waals surface area contributed by atoms with Crippen molar-refractivity contribution in [1.82, 2.24) is 4.90 Å². The van der Waals surface area contributed by atoms with Crippen LogP contribution in [0.3, 0.4) is 0 Å². The minimum atomic E-state index is -0.405. The third kappa shape index (κ3) is 4.64. The van der Waals surface area contributed by atoms with Crippen LogP contribution in [0.2, 0.25) is 0 Å². The number of amides is 1. The minimum Gasteiger partial charge on any atom is -0.468 e. The second-order valence-corrected chi connectivity index (χ2v) is 4.91. The van der Waals surface area contributed by atoms with E-state index in [1.165, 1.54) is 24.9 Å². The Hall–Kier alpha value is -1.10. The smallest absolute Gasteiger partial charge is 0.325 e. The lowest BCUT2D eigenvalue weighted by Crippen LogP contribution is -2.43. The fourth-order valence-corrected chi connectivity index (χ4v) is 2.09. The molecule has 0 saturated heterocycles. The first-order chi connectivity index (χ1) is 8.54. The molecule has 0 radical (unpaired) electrons. The van der Waals surface area contributed by atoms with E-state index in [4.69, 9.17) is 4.74 Å². The van der Waals surface area contributed by atoms with Crippen molar-refractivity contribution in [3.05, 3.63) is 0 Å². The summed E-state index contributed by atoms with van der Waals surface area (Å²) in [6.45, 7) is 3.79. The predicted molar refractivity (Wildman–Crippen MR) is 67.1 cm³/mol. The molecule has 5 nitrogen and oxygen atoms in total. The van der Waals surface area contributed by atoms with E-state index in [2.05, 4.69) is 4.74 Å². The van der Waals surface area contributed by atoms with Crippen LogP contribution in [0.5, 0.6) is 0 Å². The average molecular weight is 257 g/mol. The van der Waals surface area contributed by atoms with Crippen molar-refractivity contribution in [3.63, 3.8) is 0 Å². The standard InChI is InChI=1S/C13H23NO4/c1-10(2)14(8-13(16)17-3)12(15)9-18-11-6-4-5-7-11/h10-11H,4-9H2,1-3H3. The Kier molecular flexibility index (Phi) is 6.12. The maximum Gasteiger partial charge on any atom is 0.325 e. The summed E-state index contributed by atoms with van der Waals surface area (Å²) in [6.07, 6.45) is 4.63. The Labute approximate surface area is 108 Å². The Balaban J connectivity index is 2.40. The van der Waals surface area contributed by atoms with Crippen molar-refractivity contribution in [2.24, 2.45) is 0 Å². The largest absolute Gasteiger partial charge is 0.468 e. The number of methoxy groups -OCH3 is 1. The molecular weight excluding hydrogens is 234 g/mol. The molecule has 0 aromatic carbocycles. The van der Waals surface area contributed by atoms with Gasteiger partial charge < -0.3 is 14.4 Å². The van der Waals surface area contributed by atoms with Gasteiger partial charge in [0.1, 0.15) is 13.2 Å². The SMILES string of the molecule is COC(=O)CN(C(=O)COC1CCCC1)C(C)C. The number of carbonyl (C=O) groups is 2. The molecule has 0 spiro atoms. The summed E-state index contributed by atoms with van der Waals surface area (Å²) >= 11 is 0. The lowest BCUT2D eigenvalue weighted by atomic mass is 10.3. The zero-order valence-corrected chi connectivity index (χ0v) is 11.5. The van der Waals surface area contributed by atoms with E-state index in [1.807, 2.05) is 13.8 Å². The monoisotopic (exact) mass is 257 g/mol. The number of esters is 1. The fraction of sp³-hybridized carbons (Fsp3) is 0.846. The van der Waals surface area contributed by atoms with Gasteiger partial charge in [-0.25, -0.2) is 0 Å². The maximum absolute atomic E-state index is 12.0. The van der Waals surface area contributed by atoms with Crippen molar-refractivity contribution < 1.29 is 19.1 Å². The lowest BCUT2D eigenvalue weighted by Gasteiger charge is -2.26. The summed E-state index contributed by atoms with van der Waals surface area (Å²) in [7, 11) is 1.32. The van der Waals surface area contributed by atoms with E-state index in [-0.39, 0.29) is 31.2 Å². The molecule has 1 aliphatic rings. The second kappa shape index (κ2) is 7.36. The molecule has 1 amide bonds. The highest BCUT2D eigenvalue weighted by Gasteiger charge is 2.23. The van der Waals surface area contributed by atoms with Gasteiger partial charge in [0.2, 0.25) is 5.91 Å². The molecule has 18 heavy (non-hydrogen) atoms. The molecule has 0 unspecified atom stereocenters. The van der Waals surface area contributed by atoms with E-state index in [0.717, 1.165) is 12.8 Å². The van der Waals surface area contributed by atoms with Gasteiger partial charge in [-0.05, 0) is 26.7 Å². The van der Waals surface area contributed by atoms with E-state index >= 15 is 0 Å². The van der Waals surface area contributed by atoms with Crippen LogP contribution >= 0.6 is 0 Å². The van der Waals surface area contributed by atoms with Gasteiger partial charge >= 0.3 is 5.97 Å². The normalized spacial score (nSPS) is 16.0. The topological polar surface area (TPSA) is 55.8 Å². The Morgan fingerprint density at radius 2 is 1.89 bits per heavy atom. The quantitative estimate of drug-likeness (QED) is 0.674. The minimum absolute atomic E-state index is 0.0129. The average Bonchev–Trinajstić information content (AvgIpc) is 2.85. The highest BCUT2D eigenvalue weighted by atomic mass is 16.5. The maximum atomic E-state index is 12.0. The summed E-state index contributed by atoms with van der Waals surface area (Å²) in [5.74, 6) is -0.555. The number of hydrogen-bond acceptors (Lipinski definition) is 4. The molecular formula is C13H23NO4. The molecule has 0 N–H and O–H groups in total. The van der Waals surface area contributed by atoms with Crippen LogP contribution in [0.4, 0.5) is 0 Å². The Morgan fingerprint density at radius 3 is 2.39 bits per heavy atom.